The Kier molecular flexibility index (Phi) is 5.16. The van der Waals surface area contributed by atoms with Crippen LogP contribution in [0.1, 0.15) is 46.1 Å². The molecule has 0 bridgehead atoms. The number of benzene rings is 1. The molecular weight excluding hydrogens is 417 g/mol. The highest BCUT2D eigenvalue weighted by molar-refractivity contribution is 5.98. The molecule has 2 amide bonds. The summed E-state index contributed by atoms with van der Waals surface area (Å²) in [6, 6.07) is 6.49. The fourth-order valence-corrected chi connectivity index (χ4v) is 3.85. The lowest BCUT2D eigenvalue weighted by atomic mass is 9.85. The van der Waals surface area contributed by atoms with E-state index in [0.717, 1.165) is 0 Å². The number of halogens is 3. The van der Waals surface area contributed by atoms with Crippen LogP contribution in [0.15, 0.2) is 24.3 Å². The van der Waals surface area contributed by atoms with E-state index in [4.69, 9.17) is 4.74 Å². The van der Waals surface area contributed by atoms with E-state index in [9.17, 15) is 27.9 Å². The number of hydrogen-bond acceptors (Lipinski definition) is 5. The second-order valence-electron chi connectivity index (χ2n) is 7.86. The average Bonchev–Trinajstić information content (AvgIpc) is 3.34. The topological polar surface area (TPSA) is 108 Å². The van der Waals surface area contributed by atoms with Gasteiger partial charge < -0.3 is 20.1 Å². The zero-order valence-electron chi connectivity index (χ0n) is 16.6. The lowest BCUT2D eigenvalue weighted by molar-refractivity contribution is -0.142. The van der Waals surface area contributed by atoms with Crippen molar-refractivity contribution < 1.29 is 32.6 Å². The first-order chi connectivity index (χ1) is 14.7. The predicted octanol–water partition coefficient (Wildman–Crippen LogP) is 1.67. The third-order valence-electron chi connectivity index (χ3n) is 5.74. The molecule has 0 spiro atoms. The number of alkyl halides is 3. The van der Waals surface area contributed by atoms with Gasteiger partial charge in [-0.25, -0.2) is 0 Å². The molecule has 3 N–H and O–H groups in total. The maximum absolute atomic E-state index is 13.6. The monoisotopic (exact) mass is 438 g/mol. The Bertz CT molecular complexity index is 999. The van der Waals surface area contributed by atoms with Crippen molar-refractivity contribution in [1.82, 2.24) is 20.4 Å². The second-order valence-corrected chi connectivity index (χ2v) is 7.86. The molecule has 1 aliphatic carbocycles. The van der Waals surface area contributed by atoms with Crippen LogP contribution in [0.25, 0.3) is 0 Å². The van der Waals surface area contributed by atoms with E-state index in [0.29, 0.717) is 24.2 Å². The summed E-state index contributed by atoms with van der Waals surface area (Å²) in [5.74, 6) is -1.51. The molecule has 1 saturated carbocycles. The highest BCUT2D eigenvalue weighted by atomic mass is 19.4. The molecule has 2 aliphatic rings. The van der Waals surface area contributed by atoms with E-state index >= 15 is 0 Å². The summed E-state index contributed by atoms with van der Waals surface area (Å²) in [5, 5.41) is 17.7. The van der Waals surface area contributed by atoms with E-state index in [-0.39, 0.29) is 31.0 Å². The SMILES string of the molecule is COc1ccc(C2CN(CC(=O)NC3(CO)CC3)C(=O)c3[nH]nc(C(F)(F)F)c32)cc1. The van der Waals surface area contributed by atoms with Gasteiger partial charge in [-0.2, -0.15) is 18.3 Å². The molecule has 2 aromatic rings. The quantitative estimate of drug-likeness (QED) is 0.636. The van der Waals surface area contributed by atoms with Crippen molar-refractivity contribution >= 4 is 11.8 Å². The number of amides is 2. The number of fused-ring (bicyclic) bond motifs is 1. The number of carbonyl (C=O) groups excluding carboxylic acids is 2. The third-order valence-corrected chi connectivity index (χ3v) is 5.74. The molecule has 4 rings (SSSR count). The van der Waals surface area contributed by atoms with Gasteiger partial charge in [-0.1, -0.05) is 12.1 Å². The van der Waals surface area contributed by atoms with Crippen LogP contribution in [0.3, 0.4) is 0 Å². The second kappa shape index (κ2) is 7.56. The molecule has 1 atom stereocenters. The predicted molar refractivity (Wildman–Crippen MR) is 102 cm³/mol. The van der Waals surface area contributed by atoms with Crippen LogP contribution in [-0.4, -0.2) is 64.4 Å². The highest BCUT2D eigenvalue weighted by Crippen LogP contribution is 2.41. The molecule has 1 aliphatic heterocycles. The summed E-state index contributed by atoms with van der Waals surface area (Å²) in [6.45, 7) is -0.672. The fourth-order valence-electron chi connectivity index (χ4n) is 3.85. The number of aromatic nitrogens is 2. The van der Waals surface area contributed by atoms with Crippen LogP contribution >= 0.6 is 0 Å². The minimum atomic E-state index is -4.74. The number of aromatic amines is 1. The van der Waals surface area contributed by atoms with E-state index in [2.05, 4.69) is 15.5 Å². The first kappa shape index (κ1) is 21.2. The summed E-state index contributed by atoms with van der Waals surface area (Å²) in [6.07, 6.45) is -3.47. The Morgan fingerprint density at radius 1 is 1.35 bits per heavy atom. The Morgan fingerprint density at radius 2 is 2.03 bits per heavy atom. The molecule has 11 heteroatoms. The van der Waals surface area contributed by atoms with Gasteiger partial charge in [0.25, 0.3) is 5.91 Å². The first-order valence-electron chi connectivity index (χ1n) is 9.68. The number of hydrogen-bond donors (Lipinski definition) is 3. The minimum absolute atomic E-state index is 0.125. The number of ether oxygens (including phenoxy) is 1. The Hall–Kier alpha value is -3.08. The van der Waals surface area contributed by atoms with E-state index in [1.165, 1.54) is 12.0 Å². The van der Waals surface area contributed by atoms with Crippen molar-refractivity contribution in [1.29, 1.82) is 0 Å². The third kappa shape index (κ3) is 3.97. The Morgan fingerprint density at radius 3 is 2.58 bits per heavy atom. The number of nitrogens with one attached hydrogen (secondary N) is 2. The molecule has 2 heterocycles. The van der Waals surface area contributed by atoms with E-state index < -0.39 is 35.1 Å². The van der Waals surface area contributed by atoms with Gasteiger partial charge in [-0.05, 0) is 30.5 Å². The van der Waals surface area contributed by atoms with Crippen LogP contribution in [0, 0.1) is 0 Å². The summed E-state index contributed by atoms with van der Waals surface area (Å²) < 4.78 is 45.8. The molecule has 1 aromatic carbocycles. The molecule has 0 saturated heterocycles. The van der Waals surface area contributed by atoms with Crippen LogP contribution in [0.5, 0.6) is 5.75 Å². The average molecular weight is 438 g/mol. The van der Waals surface area contributed by atoms with Gasteiger partial charge >= 0.3 is 6.18 Å². The standard InChI is InChI=1S/C20H21F3N4O4/c1-31-12-4-2-11(3-5-12)13-8-27(9-14(29)24-19(10-28)6-7-19)18(30)16-15(13)17(26-25-16)20(21,22)23/h2-5,13,28H,6-10H2,1H3,(H,24,29)(H,25,26). The highest BCUT2D eigenvalue weighted by Gasteiger charge is 2.47. The van der Waals surface area contributed by atoms with Crippen molar-refractivity contribution in [3.05, 3.63) is 46.8 Å². The molecule has 166 valence electrons. The van der Waals surface area contributed by atoms with Gasteiger partial charge in [0, 0.05) is 18.0 Å². The maximum Gasteiger partial charge on any atom is 0.435 e. The molecule has 31 heavy (non-hydrogen) atoms. The van der Waals surface area contributed by atoms with Crippen molar-refractivity contribution in [2.24, 2.45) is 0 Å². The van der Waals surface area contributed by atoms with Gasteiger partial charge in [-0.3, -0.25) is 14.7 Å². The van der Waals surface area contributed by atoms with E-state index in [1.807, 2.05) is 0 Å². The zero-order valence-corrected chi connectivity index (χ0v) is 16.6. The summed E-state index contributed by atoms with van der Waals surface area (Å²) in [4.78, 5) is 26.5. The number of methoxy groups -OCH3 is 1. The lowest BCUT2D eigenvalue weighted by Gasteiger charge is -2.33. The van der Waals surface area contributed by atoms with E-state index in [1.54, 1.807) is 24.3 Å². The summed E-state index contributed by atoms with van der Waals surface area (Å²) >= 11 is 0. The van der Waals surface area contributed by atoms with Crippen LogP contribution in [0.2, 0.25) is 0 Å². The first-order valence-corrected chi connectivity index (χ1v) is 9.68. The normalized spacial score (nSPS) is 19.7. The van der Waals surface area contributed by atoms with Gasteiger partial charge in [0.15, 0.2) is 5.69 Å². The van der Waals surface area contributed by atoms with Crippen molar-refractivity contribution in [3.63, 3.8) is 0 Å². The number of aliphatic hydroxyl groups excluding tert-OH is 1. The van der Waals surface area contributed by atoms with Gasteiger partial charge in [0.2, 0.25) is 5.91 Å². The van der Waals surface area contributed by atoms with Crippen LogP contribution < -0.4 is 10.1 Å². The molecule has 1 aromatic heterocycles. The van der Waals surface area contributed by atoms with Crippen molar-refractivity contribution in [3.8, 4) is 5.75 Å². The zero-order chi connectivity index (χ0) is 22.4. The Balaban J connectivity index is 1.67. The fraction of sp³-hybridized carbons (Fsp3) is 0.450. The van der Waals surface area contributed by atoms with Gasteiger partial charge in [0.05, 0.1) is 25.8 Å². The number of rotatable bonds is 6. The smallest absolute Gasteiger partial charge is 0.435 e. The summed E-state index contributed by atoms with van der Waals surface area (Å²) in [7, 11) is 1.48. The lowest BCUT2D eigenvalue weighted by Crippen LogP contribution is -2.49. The number of carbonyl (C=O) groups is 2. The van der Waals surface area contributed by atoms with Crippen molar-refractivity contribution in [2.75, 3.05) is 26.8 Å². The minimum Gasteiger partial charge on any atom is -0.497 e. The largest absolute Gasteiger partial charge is 0.497 e. The number of nitrogens with zero attached hydrogens (tertiary/aromatic N) is 2. The van der Waals surface area contributed by atoms with Crippen molar-refractivity contribution in [2.45, 2.75) is 30.5 Å². The van der Waals surface area contributed by atoms with Crippen LogP contribution in [0.4, 0.5) is 13.2 Å². The van der Waals surface area contributed by atoms with Gasteiger partial charge in [-0.15, -0.1) is 0 Å². The molecule has 1 fully saturated rings. The molecular formula is C20H21F3N4O4. The summed E-state index contributed by atoms with van der Waals surface area (Å²) in [5.41, 5.74) is -1.78. The maximum atomic E-state index is 13.6. The Labute approximate surface area is 175 Å². The molecule has 8 nitrogen and oxygen atoms in total. The molecule has 1 unspecified atom stereocenters. The number of aliphatic hydroxyl groups is 1. The number of H-pyrrole nitrogens is 1. The van der Waals surface area contributed by atoms with Crippen LogP contribution in [-0.2, 0) is 11.0 Å². The van der Waals surface area contributed by atoms with Gasteiger partial charge in [0.1, 0.15) is 11.4 Å². The molecule has 0 radical (unpaired) electrons.